The maximum Gasteiger partial charge on any atom is 0.225 e. The van der Waals surface area contributed by atoms with Gasteiger partial charge in [0.15, 0.2) is 0 Å². The number of amides is 1. The van der Waals surface area contributed by atoms with Gasteiger partial charge in [-0.3, -0.25) is 9.69 Å². The molecule has 1 atom stereocenters. The lowest BCUT2D eigenvalue weighted by molar-refractivity contribution is -0.116. The van der Waals surface area contributed by atoms with Gasteiger partial charge >= 0.3 is 0 Å². The molecule has 0 saturated carbocycles. The molecular weight excluding hydrogens is 293 g/mol. The standard InChI is InChI=1S/C18H20FN3O/c1-12-15-5-3-2-4-13(15)11-22(12)9-8-18(23)21-17-10-14(20)6-7-16(17)19/h2-7,10,12H,8-9,11,20H2,1H3,(H,21,23). The van der Waals surface area contributed by atoms with Gasteiger partial charge in [-0.05, 0) is 36.2 Å². The number of nitrogens with two attached hydrogens (primary N) is 1. The van der Waals surface area contributed by atoms with E-state index in [1.54, 1.807) is 0 Å². The van der Waals surface area contributed by atoms with Crippen LogP contribution in [0.3, 0.4) is 0 Å². The molecule has 1 aliphatic heterocycles. The van der Waals surface area contributed by atoms with Crippen LogP contribution in [-0.4, -0.2) is 17.4 Å². The second-order valence-electron chi connectivity index (χ2n) is 5.88. The lowest BCUT2D eigenvalue weighted by Crippen LogP contribution is -2.25. The fourth-order valence-corrected chi connectivity index (χ4v) is 3.01. The predicted molar refractivity (Wildman–Crippen MR) is 89.3 cm³/mol. The number of hydrogen-bond donors (Lipinski definition) is 2. The van der Waals surface area contributed by atoms with Gasteiger partial charge in [0.1, 0.15) is 5.82 Å². The first-order valence-electron chi connectivity index (χ1n) is 7.71. The zero-order chi connectivity index (χ0) is 16.4. The number of anilines is 2. The highest BCUT2D eigenvalue weighted by molar-refractivity contribution is 5.91. The smallest absolute Gasteiger partial charge is 0.225 e. The van der Waals surface area contributed by atoms with Crippen molar-refractivity contribution in [1.82, 2.24) is 4.90 Å². The number of nitrogen functional groups attached to an aromatic ring is 1. The summed E-state index contributed by atoms with van der Waals surface area (Å²) in [6, 6.07) is 12.8. The van der Waals surface area contributed by atoms with Crippen molar-refractivity contribution in [2.75, 3.05) is 17.6 Å². The second kappa shape index (κ2) is 6.38. The Kier molecular flexibility index (Phi) is 4.30. The van der Waals surface area contributed by atoms with Gasteiger partial charge in [-0.2, -0.15) is 0 Å². The zero-order valence-electron chi connectivity index (χ0n) is 13.1. The van der Waals surface area contributed by atoms with Crippen LogP contribution in [0.15, 0.2) is 42.5 Å². The molecule has 120 valence electrons. The summed E-state index contributed by atoms with van der Waals surface area (Å²) in [5, 5.41) is 2.59. The van der Waals surface area contributed by atoms with Crippen LogP contribution >= 0.6 is 0 Å². The summed E-state index contributed by atoms with van der Waals surface area (Å²) >= 11 is 0. The molecule has 0 bridgehead atoms. The highest BCUT2D eigenvalue weighted by Gasteiger charge is 2.26. The van der Waals surface area contributed by atoms with Crippen molar-refractivity contribution in [2.24, 2.45) is 0 Å². The van der Waals surface area contributed by atoms with Gasteiger partial charge in [-0.15, -0.1) is 0 Å². The van der Waals surface area contributed by atoms with E-state index in [4.69, 9.17) is 5.73 Å². The van der Waals surface area contributed by atoms with Crippen LogP contribution in [0, 0.1) is 5.82 Å². The highest BCUT2D eigenvalue weighted by atomic mass is 19.1. The van der Waals surface area contributed by atoms with Crippen LogP contribution < -0.4 is 11.1 Å². The molecule has 1 aliphatic rings. The molecule has 0 radical (unpaired) electrons. The fourth-order valence-electron chi connectivity index (χ4n) is 3.01. The van der Waals surface area contributed by atoms with Crippen molar-refractivity contribution < 1.29 is 9.18 Å². The largest absolute Gasteiger partial charge is 0.399 e. The first kappa shape index (κ1) is 15.5. The lowest BCUT2D eigenvalue weighted by atomic mass is 10.1. The van der Waals surface area contributed by atoms with Gasteiger partial charge in [0.25, 0.3) is 0 Å². The van der Waals surface area contributed by atoms with E-state index in [1.807, 2.05) is 12.1 Å². The van der Waals surface area contributed by atoms with Gasteiger partial charge in [-0.25, -0.2) is 4.39 Å². The third-order valence-electron chi connectivity index (χ3n) is 4.32. The minimum Gasteiger partial charge on any atom is -0.399 e. The Morgan fingerprint density at radius 2 is 2.13 bits per heavy atom. The molecule has 0 aromatic heterocycles. The quantitative estimate of drug-likeness (QED) is 0.851. The molecule has 3 N–H and O–H groups in total. The molecule has 2 aromatic rings. The first-order valence-corrected chi connectivity index (χ1v) is 7.71. The van der Waals surface area contributed by atoms with Crippen molar-refractivity contribution >= 4 is 17.3 Å². The number of nitrogens with one attached hydrogen (secondary N) is 1. The van der Waals surface area contributed by atoms with Gasteiger partial charge in [0.2, 0.25) is 5.91 Å². The third-order valence-corrected chi connectivity index (χ3v) is 4.32. The van der Waals surface area contributed by atoms with Crippen LogP contribution in [0.25, 0.3) is 0 Å². The van der Waals surface area contributed by atoms with Crippen LogP contribution in [0.4, 0.5) is 15.8 Å². The molecule has 4 nitrogen and oxygen atoms in total. The topological polar surface area (TPSA) is 58.4 Å². The Morgan fingerprint density at radius 3 is 2.91 bits per heavy atom. The average molecular weight is 313 g/mol. The zero-order valence-corrected chi connectivity index (χ0v) is 13.1. The number of benzene rings is 2. The number of rotatable bonds is 4. The molecule has 0 fully saturated rings. The minimum atomic E-state index is -0.477. The van der Waals surface area contributed by atoms with E-state index in [2.05, 4.69) is 29.3 Å². The van der Waals surface area contributed by atoms with Crippen molar-refractivity contribution in [3.63, 3.8) is 0 Å². The maximum absolute atomic E-state index is 13.6. The van der Waals surface area contributed by atoms with Crippen LogP contribution in [0.1, 0.15) is 30.5 Å². The first-order chi connectivity index (χ1) is 11.0. The van der Waals surface area contributed by atoms with E-state index in [-0.39, 0.29) is 11.6 Å². The molecule has 1 heterocycles. The van der Waals surface area contributed by atoms with E-state index >= 15 is 0 Å². The Balaban J connectivity index is 1.57. The summed E-state index contributed by atoms with van der Waals surface area (Å²) in [7, 11) is 0. The van der Waals surface area contributed by atoms with E-state index in [9.17, 15) is 9.18 Å². The third kappa shape index (κ3) is 3.35. The van der Waals surface area contributed by atoms with Gasteiger partial charge in [-0.1, -0.05) is 24.3 Å². The lowest BCUT2D eigenvalue weighted by Gasteiger charge is -2.21. The molecular formula is C18H20FN3O. The number of nitrogens with zero attached hydrogens (tertiary/aromatic N) is 1. The van der Waals surface area contributed by atoms with Crippen molar-refractivity contribution in [2.45, 2.75) is 25.9 Å². The van der Waals surface area contributed by atoms with Crippen LogP contribution in [0.5, 0.6) is 0 Å². The Hall–Kier alpha value is -2.40. The van der Waals surface area contributed by atoms with Gasteiger partial charge in [0, 0.05) is 31.2 Å². The Labute approximate surface area is 135 Å². The molecule has 5 heteroatoms. The summed E-state index contributed by atoms with van der Waals surface area (Å²) in [5.74, 6) is -0.688. The SMILES string of the molecule is CC1c2ccccc2CN1CCC(=O)Nc1cc(N)ccc1F. The molecule has 0 saturated heterocycles. The average Bonchev–Trinajstić information content (AvgIpc) is 2.86. The molecule has 0 aliphatic carbocycles. The van der Waals surface area contributed by atoms with E-state index in [1.165, 1.54) is 29.3 Å². The van der Waals surface area contributed by atoms with Crippen molar-refractivity contribution in [1.29, 1.82) is 0 Å². The van der Waals surface area contributed by atoms with Crippen molar-refractivity contribution in [3.8, 4) is 0 Å². The molecule has 23 heavy (non-hydrogen) atoms. The van der Waals surface area contributed by atoms with Crippen molar-refractivity contribution in [3.05, 3.63) is 59.4 Å². The van der Waals surface area contributed by atoms with Crippen LogP contribution in [-0.2, 0) is 11.3 Å². The minimum absolute atomic E-state index is 0.132. The molecule has 3 rings (SSSR count). The van der Waals surface area contributed by atoms with E-state index in [0.29, 0.717) is 24.7 Å². The summed E-state index contributed by atoms with van der Waals surface area (Å²) in [6.45, 7) is 3.62. The number of hydrogen-bond acceptors (Lipinski definition) is 3. The molecule has 2 aromatic carbocycles. The number of carbonyl (C=O) groups is 1. The Bertz CT molecular complexity index is 732. The van der Waals surface area contributed by atoms with E-state index in [0.717, 1.165) is 6.54 Å². The number of halogens is 1. The summed E-state index contributed by atoms with van der Waals surface area (Å²) in [5.41, 5.74) is 8.79. The van der Waals surface area contributed by atoms with E-state index < -0.39 is 5.82 Å². The Morgan fingerprint density at radius 1 is 1.35 bits per heavy atom. The fraction of sp³-hybridized carbons (Fsp3) is 0.278. The predicted octanol–water partition coefficient (Wildman–Crippen LogP) is 3.31. The molecule has 1 amide bonds. The molecule has 0 spiro atoms. The monoisotopic (exact) mass is 313 g/mol. The normalized spacial score (nSPS) is 17.0. The molecule has 1 unspecified atom stereocenters. The summed E-state index contributed by atoms with van der Waals surface area (Å²) < 4.78 is 13.6. The van der Waals surface area contributed by atoms with Gasteiger partial charge in [0.05, 0.1) is 5.69 Å². The second-order valence-corrected chi connectivity index (χ2v) is 5.88. The number of carbonyl (C=O) groups excluding carboxylic acids is 1. The summed E-state index contributed by atoms with van der Waals surface area (Å²) in [4.78, 5) is 14.3. The number of fused-ring (bicyclic) bond motifs is 1. The maximum atomic E-state index is 13.6. The summed E-state index contributed by atoms with van der Waals surface area (Å²) in [6.07, 6.45) is 0.312. The van der Waals surface area contributed by atoms with Crippen LogP contribution in [0.2, 0.25) is 0 Å². The highest BCUT2D eigenvalue weighted by Crippen LogP contribution is 2.32. The van der Waals surface area contributed by atoms with Gasteiger partial charge < -0.3 is 11.1 Å².